The Bertz CT molecular complexity index is 1330. The lowest BCUT2D eigenvalue weighted by Gasteiger charge is -2.18. The predicted molar refractivity (Wildman–Crippen MR) is 335 cm³/mol. The van der Waals surface area contributed by atoms with Gasteiger partial charge in [0.05, 0.1) is 0 Å². The van der Waals surface area contributed by atoms with Gasteiger partial charge in [-0.25, -0.2) is 0 Å². The van der Waals surface area contributed by atoms with Crippen LogP contribution in [0.15, 0.2) is 48.6 Å². The number of hydrogen-bond acceptors (Lipinski definition) is 6. The maximum absolute atomic E-state index is 12.9. The van der Waals surface area contributed by atoms with Gasteiger partial charge in [-0.3, -0.25) is 14.4 Å². The van der Waals surface area contributed by atoms with Crippen molar-refractivity contribution in [3.05, 3.63) is 48.6 Å². The first kappa shape index (κ1) is 74.4. The molecule has 0 aliphatic heterocycles. The van der Waals surface area contributed by atoms with E-state index in [4.69, 9.17) is 14.2 Å². The third-order valence-corrected chi connectivity index (χ3v) is 15.3. The zero-order valence-electron chi connectivity index (χ0n) is 51.7. The predicted octanol–water partition coefficient (Wildman–Crippen LogP) is 23.3. The van der Waals surface area contributed by atoms with Crippen LogP contribution in [0.5, 0.6) is 0 Å². The molecule has 0 fully saturated rings. The van der Waals surface area contributed by atoms with E-state index in [0.717, 1.165) is 70.6 Å². The first-order chi connectivity index (χ1) is 38.0. The average molecular weight is 1080 g/mol. The zero-order valence-corrected chi connectivity index (χ0v) is 51.7. The molecule has 0 aromatic carbocycles. The summed E-state index contributed by atoms with van der Waals surface area (Å²) in [5.41, 5.74) is 0. The van der Waals surface area contributed by atoms with Crippen molar-refractivity contribution in [2.24, 2.45) is 0 Å². The number of carbonyl (C=O) groups is 3. The maximum atomic E-state index is 12.9. The Hall–Kier alpha value is -2.63. The van der Waals surface area contributed by atoms with Gasteiger partial charge in [0.25, 0.3) is 0 Å². The molecule has 1 atom stereocenters. The molecule has 0 radical (unpaired) electrons. The fraction of sp³-hybridized carbons (Fsp3) is 0.845. The number of hydrogen-bond donors (Lipinski definition) is 0. The van der Waals surface area contributed by atoms with Gasteiger partial charge in [0.2, 0.25) is 0 Å². The van der Waals surface area contributed by atoms with Crippen LogP contribution in [-0.4, -0.2) is 37.2 Å². The van der Waals surface area contributed by atoms with Gasteiger partial charge in [-0.2, -0.15) is 0 Å². The first-order valence-corrected chi connectivity index (χ1v) is 34.1. The molecule has 0 saturated heterocycles. The molecule has 0 saturated carbocycles. The van der Waals surface area contributed by atoms with Crippen molar-refractivity contribution in [2.45, 2.75) is 374 Å². The molecular weight excluding hydrogens is 949 g/mol. The fourth-order valence-corrected chi connectivity index (χ4v) is 10.1. The van der Waals surface area contributed by atoms with Crippen LogP contribution in [0.3, 0.4) is 0 Å². The fourth-order valence-electron chi connectivity index (χ4n) is 10.1. The van der Waals surface area contributed by atoms with E-state index in [1.54, 1.807) is 0 Å². The molecule has 0 rings (SSSR count). The van der Waals surface area contributed by atoms with E-state index < -0.39 is 6.10 Å². The van der Waals surface area contributed by atoms with Crippen molar-refractivity contribution >= 4 is 17.9 Å². The highest BCUT2D eigenvalue weighted by atomic mass is 16.6. The van der Waals surface area contributed by atoms with E-state index in [9.17, 15) is 14.4 Å². The lowest BCUT2D eigenvalue weighted by Crippen LogP contribution is -2.30. The van der Waals surface area contributed by atoms with Crippen molar-refractivity contribution in [3.63, 3.8) is 0 Å². The molecule has 0 spiro atoms. The minimum atomic E-state index is -0.779. The average Bonchev–Trinajstić information content (AvgIpc) is 3.43. The molecule has 0 N–H and O–H groups in total. The minimum absolute atomic E-state index is 0.0749. The second-order valence-corrected chi connectivity index (χ2v) is 23.1. The maximum Gasteiger partial charge on any atom is 0.306 e. The van der Waals surface area contributed by atoms with Crippen molar-refractivity contribution in [2.75, 3.05) is 13.2 Å². The summed E-state index contributed by atoms with van der Waals surface area (Å²) in [6, 6.07) is 0. The molecule has 77 heavy (non-hydrogen) atoms. The quantitative estimate of drug-likeness (QED) is 0.0261. The Kier molecular flexibility index (Phi) is 63.6. The molecule has 0 heterocycles. The van der Waals surface area contributed by atoms with E-state index >= 15 is 0 Å². The second-order valence-electron chi connectivity index (χ2n) is 23.1. The van der Waals surface area contributed by atoms with E-state index in [1.807, 2.05) is 0 Å². The summed E-state index contributed by atoms with van der Waals surface area (Å²) < 4.78 is 17.0. The Morgan fingerprint density at radius 2 is 0.468 bits per heavy atom. The van der Waals surface area contributed by atoms with E-state index in [-0.39, 0.29) is 31.1 Å². The molecule has 0 aliphatic carbocycles. The van der Waals surface area contributed by atoms with E-state index in [1.165, 1.54) is 257 Å². The van der Waals surface area contributed by atoms with Crippen LogP contribution in [0, 0.1) is 0 Å². The highest BCUT2D eigenvalue weighted by Crippen LogP contribution is 2.17. The lowest BCUT2D eigenvalue weighted by molar-refractivity contribution is -0.167. The Morgan fingerprint density at radius 1 is 0.260 bits per heavy atom. The molecule has 450 valence electrons. The van der Waals surface area contributed by atoms with Gasteiger partial charge < -0.3 is 14.2 Å². The lowest BCUT2D eigenvalue weighted by atomic mass is 10.1. The molecule has 0 amide bonds. The van der Waals surface area contributed by atoms with Gasteiger partial charge in [0.15, 0.2) is 6.10 Å². The first-order valence-electron chi connectivity index (χ1n) is 34.1. The van der Waals surface area contributed by atoms with Gasteiger partial charge in [0, 0.05) is 19.3 Å². The normalized spacial score (nSPS) is 12.3. The molecule has 0 aliphatic rings. The molecule has 6 heteroatoms. The molecule has 0 aromatic heterocycles. The Balaban J connectivity index is 4.35. The molecule has 0 aromatic rings. The number of unbranched alkanes of at least 4 members (excludes halogenated alkanes) is 44. The van der Waals surface area contributed by atoms with Crippen LogP contribution in [0.2, 0.25) is 0 Å². The van der Waals surface area contributed by atoms with Crippen molar-refractivity contribution in [3.8, 4) is 0 Å². The molecule has 1 unspecified atom stereocenters. The highest BCUT2D eigenvalue weighted by molar-refractivity contribution is 5.71. The summed E-state index contributed by atoms with van der Waals surface area (Å²) in [7, 11) is 0. The number of allylic oxidation sites excluding steroid dienone is 8. The van der Waals surface area contributed by atoms with Crippen LogP contribution in [-0.2, 0) is 28.6 Å². The van der Waals surface area contributed by atoms with Gasteiger partial charge >= 0.3 is 17.9 Å². The van der Waals surface area contributed by atoms with Gasteiger partial charge in [0.1, 0.15) is 13.2 Å². The van der Waals surface area contributed by atoms with Crippen LogP contribution >= 0.6 is 0 Å². The summed E-state index contributed by atoms with van der Waals surface area (Å²) in [5, 5.41) is 0. The van der Waals surface area contributed by atoms with Crippen molar-refractivity contribution < 1.29 is 28.6 Å². The summed E-state index contributed by atoms with van der Waals surface area (Å²) in [4.78, 5) is 38.4. The number of rotatable bonds is 63. The number of ether oxygens (including phenoxy) is 3. The topological polar surface area (TPSA) is 78.9 Å². The Labute approximate surface area is 479 Å². The SMILES string of the molecule is CCCCC/C=C\C/C=C\CCCCCCCCCC(=O)OCC(COC(=O)CCCCCCCCCCC/C=C\CCCCCCCCCC)OC(=O)CCCCCCCCCCC/C=C\CCCCCCCCCC. The van der Waals surface area contributed by atoms with Crippen LogP contribution < -0.4 is 0 Å². The molecular formula is C71H130O6. The minimum Gasteiger partial charge on any atom is -0.462 e. The third kappa shape index (κ3) is 64.1. The summed E-state index contributed by atoms with van der Waals surface area (Å²) in [6.45, 7) is 6.67. The van der Waals surface area contributed by atoms with Crippen LogP contribution in [0.1, 0.15) is 367 Å². The largest absolute Gasteiger partial charge is 0.462 e. The monoisotopic (exact) mass is 1080 g/mol. The van der Waals surface area contributed by atoms with Crippen molar-refractivity contribution in [1.29, 1.82) is 0 Å². The van der Waals surface area contributed by atoms with Crippen LogP contribution in [0.4, 0.5) is 0 Å². The summed E-state index contributed by atoms with van der Waals surface area (Å²) in [5.74, 6) is -0.864. The highest BCUT2D eigenvalue weighted by Gasteiger charge is 2.19. The van der Waals surface area contributed by atoms with Gasteiger partial charge in [-0.15, -0.1) is 0 Å². The molecule has 0 bridgehead atoms. The van der Waals surface area contributed by atoms with E-state index in [2.05, 4.69) is 69.4 Å². The Morgan fingerprint density at radius 3 is 0.753 bits per heavy atom. The van der Waals surface area contributed by atoms with Crippen LogP contribution in [0.25, 0.3) is 0 Å². The summed E-state index contributed by atoms with van der Waals surface area (Å²) in [6.07, 6.45) is 82.6. The van der Waals surface area contributed by atoms with Gasteiger partial charge in [-0.1, -0.05) is 294 Å². The smallest absolute Gasteiger partial charge is 0.306 e. The number of carbonyl (C=O) groups excluding carboxylic acids is 3. The van der Waals surface area contributed by atoms with Crippen molar-refractivity contribution in [1.82, 2.24) is 0 Å². The molecule has 6 nitrogen and oxygen atoms in total. The van der Waals surface area contributed by atoms with E-state index in [0.29, 0.717) is 19.3 Å². The standard InChI is InChI=1S/C71H130O6/c1-4-7-10-13-16-19-22-25-28-31-33-35-37-40-43-46-49-52-55-58-61-64-70(73)76-67-68(66-75-69(72)63-60-57-54-51-48-45-42-39-30-27-24-21-18-15-12-9-6-3)77-71(74)65-62-59-56-53-50-47-44-41-38-36-34-32-29-26-23-20-17-14-11-8-5-2/h18,21,27,30-34,68H,4-17,19-20,22-26,28-29,35-67H2,1-3H3/b21-18-,30-27-,33-31-,34-32-. The third-order valence-electron chi connectivity index (χ3n) is 15.3. The van der Waals surface area contributed by atoms with Gasteiger partial charge in [-0.05, 0) is 103 Å². The number of esters is 3. The summed E-state index contributed by atoms with van der Waals surface area (Å²) >= 11 is 0. The zero-order chi connectivity index (χ0) is 55.7. The second kappa shape index (κ2) is 65.9.